The fraction of sp³-hybridized carbons (Fsp3) is 0.409. The maximum atomic E-state index is 13.3. The van der Waals surface area contributed by atoms with E-state index in [1.807, 2.05) is 61.5 Å². The molecule has 1 aliphatic rings. The molecule has 2 aromatic carbocycles. The Morgan fingerprint density at radius 1 is 1.15 bits per heavy atom. The summed E-state index contributed by atoms with van der Waals surface area (Å²) in [6.07, 6.45) is 1.50. The number of rotatable bonds is 5. The van der Waals surface area contributed by atoms with Gasteiger partial charge in [0.1, 0.15) is 0 Å². The van der Waals surface area contributed by atoms with Gasteiger partial charge in [-0.25, -0.2) is 0 Å². The summed E-state index contributed by atoms with van der Waals surface area (Å²) in [5, 5.41) is 20.4. The number of hydrogen-bond donors (Lipinski definition) is 2. The van der Waals surface area contributed by atoms with E-state index < -0.39 is 11.5 Å². The van der Waals surface area contributed by atoms with E-state index in [1.165, 1.54) is 0 Å². The number of likely N-dealkylation sites (tertiary alicyclic amines) is 1. The molecule has 1 amide bonds. The van der Waals surface area contributed by atoms with Crippen LogP contribution in [-0.2, 0) is 0 Å². The zero-order valence-corrected chi connectivity index (χ0v) is 15.3. The van der Waals surface area contributed by atoms with Crippen molar-refractivity contribution in [1.29, 1.82) is 0 Å². The molecule has 3 rings (SSSR count). The smallest absolute Gasteiger partial charge is 0.254 e. The van der Waals surface area contributed by atoms with Crippen LogP contribution in [0, 0.1) is 5.41 Å². The third kappa shape index (κ3) is 3.53. The quantitative estimate of drug-likeness (QED) is 0.867. The van der Waals surface area contributed by atoms with Gasteiger partial charge in [0, 0.05) is 24.1 Å². The predicted molar refractivity (Wildman–Crippen MR) is 103 cm³/mol. The van der Waals surface area contributed by atoms with Gasteiger partial charge in [0.05, 0.1) is 12.7 Å². The maximum absolute atomic E-state index is 13.3. The third-order valence-electron chi connectivity index (χ3n) is 5.48. The number of aliphatic hydroxyl groups is 2. The van der Waals surface area contributed by atoms with Gasteiger partial charge in [0.2, 0.25) is 0 Å². The number of carbonyl (C=O) groups excluding carboxylic acids is 1. The van der Waals surface area contributed by atoms with E-state index in [4.69, 9.17) is 0 Å². The van der Waals surface area contributed by atoms with Crippen molar-refractivity contribution in [3.05, 3.63) is 60.2 Å². The molecular weight excluding hydrogens is 326 g/mol. The largest absolute Gasteiger partial charge is 0.396 e. The lowest BCUT2D eigenvalue weighted by Crippen LogP contribution is -2.55. The molecule has 2 aromatic rings. The predicted octanol–water partition coefficient (Wildman–Crippen LogP) is 3.34. The molecule has 0 aromatic heterocycles. The van der Waals surface area contributed by atoms with Crippen molar-refractivity contribution in [2.75, 3.05) is 19.7 Å². The van der Waals surface area contributed by atoms with E-state index in [2.05, 4.69) is 0 Å². The summed E-state index contributed by atoms with van der Waals surface area (Å²) < 4.78 is 0. The van der Waals surface area contributed by atoms with Crippen LogP contribution >= 0.6 is 0 Å². The molecule has 0 unspecified atom stereocenters. The van der Waals surface area contributed by atoms with Crippen molar-refractivity contribution >= 4 is 5.91 Å². The highest BCUT2D eigenvalue weighted by Gasteiger charge is 2.43. The van der Waals surface area contributed by atoms with Crippen LogP contribution in [0.15, 0.2) is 54.6 Å². The molecule has 2 N–H and O–H groups in total. The molecule has 1 heterocycles. The second-order valence-electron chi connectivity index (χ2n) is 7.21. The maximum Gasteiger partial charge on any atom is 0.254 e. The number of piperidine rings is 1. The third-order valence-corrected chi connectivity index (χ3v) is 5.48. The number of hydrogen-bond acceptors (Lipinski definition) is 3. The van der Waals surface area contributed by atoms with Crippen molar-refractivity contribution in [1.82, 2.24) is 4.90 Å². The molecule has 0 bridgehead atoms. The lowest BCUT2D eigenvalue weighted by atomic mass is 9.74. The first-order valence-corrected chi connectivity index (χ1v) is 9.34. The van der Waals surface area contributed by atoms with Crippen LogP contribution in [-0.4, -0.2) is 46.8 Å². The van der Waals surface area contributed by atoms with Crippen molar-refractivity contribution in [2.45, 2.75) is 32.3 Å². The fourth-order valence-electron chi connectivity index (χ4n) is 4.01. The Kier molecular flexibility index (Phi) is 5.74. The topological polar surface area (TPSA) is 60.8 Å². The first-order chi connectivity index (χ1) is 12.6. The van der Waals surface area contributed by atoms with Crippen molar-refractivity contribution in [3.63, 3.8) is 0 Å². The molecular formula is C22H27NO3. The Hall–Kier alpha value is -2.17. The molecule has 1 fully saturated rings. The molecule has 26 heavy (non-hydrogen) atoms. The lowest BCUT2D eigenvalue weighted by Gasteiger charge is -2.45. The average molecular weight is 353 g/mol. The Morgan fingerprint density at radius 3 is 2.54 bits per heavy atom. The summed E-state index contributed by atoms with van der Waals surface area (Å²) >= 11 is 0. The van der Waals surface area contributed by atoms with Crippen molar-refractivity contribution < 1.29 is 15.0 Å². The van der Waals surface area contributed by atoms with Gasteiger partial charge < -0.3 is 15.1 Å². The zero-order valence-electron chi connectivity index (χ0n) is 15.3. The van der Waals surface area contributed by atoms with E-state index in [1.54, 1.807) is 4.90 Å². The summed E-state index contributed by atoms with van der Waals surface area (Å²) in [5.41, 5.74) is 1.97. The van der Waals surface area contributed by atoms with Crippen LogP contribution in [0.2, 0.25) is 0 Å². The number of aliphatic hydroxyl groups excluding tert-OH is 2. The van der Waals surface area contributed by atoms with Crippen LogP contribution in [0.4, 0.5) is 0 Å². The second-order valence-corrected chi connectivity index (χ2v) is 7.21. The van der Waals surface area contributed by atoms with E-state index in [0.29, 0.717) is 31.5 Å². The average Bonchev–Trinajstić information content (AvgIpc) is 2.70. The Morgan fingerprint density at radius 2 is 1.85 bits per heavy atom. The van der Waals surface area contributed by atoms with Crippen molar-refractivity contribution in [3.8, 4) is 11.1 Å². The zero-order chi connectivity index (χ0) is 18.6. The monoisotopic (exact) mass is 353 g/mol. The van der Waals surface area contributed by atoms with Gasteiger partial charge in [0.15, 0.2) is 0 Å². The summed E-state index contributed by atoms with van der Waals surface area (Å²) in [5.74, 6) is -0.0368. The molecule has 0 aliphatic carbocycles. The number of nitrogens with zero attached hydrogens (tertiary/aromatic N) is 1. The minimum Gasteiger partial charge on any atom is -0.396 e. The highest BCUT2D eigenvalue weighted by molar-refractivity contribution is 6.01. The molecule has 1 saturated heterocycles. The Labute approximate surface area is 155 Å². The van der Waals surface area contributed by atoms with Crippen LogP contribution in [0.1, 0.15) is 36.5 Å². The standard InChI is InChI=1S/C22H27NO3/c1-2-13-22(16-24)15-23(14-12-20(22)25)21(26)19-11-7-6-10-18(19)17-8-4-3-5-9-17/h3-11,20,24-25H,2,12-16H2,1H3/t20-,22+/m1/s1. The van der Waals surface area contributed by atoms with Gasteiger partial charge in [-0.2, -0.15) is 0 Å². The van der Waals surface area contributed by atoms with Gasteiger partial charge >= 0.3 is 0 Å². The van der Waals surface area contributed by atoms with Gasteiger partial charge in [0.25, 0.3) is 5.91 Å². The van der Waals surface area contributed by atoms with Gasteiger partial charge in [-0.3, -0.25) is 4.79 Å². The molecule has 1 aliphatic heterocycles. The minimum absolute atomic E-state index is 0.0368. The number of carbonyl (C=O) groups is 1. The Balaban J connectivity index is 1.91. The van der Waals surface area contributed by atoms with Crippen LogP contribution in [0.5, 0.6) is 0 Å². The first kappa shape index (κ1) is 18.6. The fourth-order valence-corrected chi connectivity index (χ4v) is 4.01. The van der Waals surface area contributed by atoms with Crippen molar-refractivity contribution in [2.24, 2.45) is 5.41 Å². The van der Waals surface area contributed by atoms with E-state index in [-0.39, 0.29) is 12.5 Å². The molecule has 0 spiro atoms. The van der Waals surface area contributed by atoms with Crippen LogP contribution in [0.25, 0.3) is 11.1 Å². The van der Waals surface area contributed by atoms with E-state index in [9.17, 15) is 15.0 Å². The second kappa shape index (κ2) is 8.02. The van der Waals surface area contributed by atoms with Gasteiger partial charge in [-0.15, -0.1) is 0 Å². The first-order valence-electron chi connectivity index (χ1n) is 9.34. The van der Waals surface area contributed by atoms with E-state index >= 15 is 0 Å². The molecule has 0 saturated carbocycles. The minimum atomic E-state index is -0.621. The van der Waals surface area contributed by atoms with Gasteiger partial charge in [-0.1, -0.05) is 61.9 Å². The summed E-state index contributed by atoms with van der Waals surface area (Å²) in [6.45, 7) is 2.83. The SMILES string of the molecule is CCC[C@@]1(CO)CN(C(=O)c2ccccc2-c2ccccc2)CC[C@H]1O. The lowest BCUT2D eigenvalue weighted by molar-refractivity contribution is -0.0720. The molecule has 138 valence electrons. The Bertz CT molecular complexity index is 746. The summed E-state index contributed by atoms with van der Waals surface area (Å²) in [6, 6.07) is 17.5. The number of benzene rings is 2. The molecule has 4 heteroatoms. The normalized spacial score (nSPS) is 23.0. The van der Waals surface area contributed by atoms with Crippen LogP contribution < -0.4 is 0 Å². The van der Waals surface area contributed by atoms with Crippen LogP contribution in [0.3, 0.4) is 0 Å². The molecule has 4 nitrogen and oxygen atoms in total. The highest BCUT2D eigenvalue weighted by atomic mass is 16.3. The molecule has 2 atom stereocenters. The summed E-state index contributed by atoms with van der Waals surface area (Å²) in [7, 11) is 0. The highest BCUT2D eigenvalue weighted by Crippen LogP contribution is 2.36. The molecule has 0 radical (unpaired) electrons. The number of amides is 1. The van der Waals surface area contributed by atoms with E-state index in [0.717, 1.165) is 17.5 Å². The van der Waals surface area contributed by atoms with Gasteiger partial charge in [-0.05, 0) is 30.0 Å². The summed E-state index contributed by atoms with van der Waals surface area (Å²) in [4.78, 5) is 15.1.